The standard InChI is InChI=1S/C22H22N6O4/c1-27(13-16-7-8-19-20(11-16)26-32-25-19)22(30)15-28-14-17(12-23-28)24-21(29)9-10-31-18-5-3-2-4-6-18/h2-8,11-12,14H,9-10,13,15H2,1H3,(H,24,29). The molecule has 0 unspecified atom stereocenters. The Labute approximate surface area is 183 Å². The van der Waals surface area contributed by atoms with Gasteiger partial charge in [-0.3, -0.25) is 14.3 Å². The molecular formula is C22H22N6O4. The van der Waals surface area contributed by atoms with Crippen molar-refractivity contribution in [2.45, 2.75) is 19.5 Å². The van der Waals surface area contributed by atoms with Gasteiger partial charge < -0.3 is 15.0 Å². The van der Waals surface area contributed by atoms with E-state index in [0.29, 0.717) is 29.0 Å². The smallest absolute Gasteiger partial charge is 0.244 e. The highest BCUT2D eigenvalue weighted by Gasteiger charge is 2.13. The highest BCUT2D eigenvalue weighted by molar-refractivity contribution is 5.90. The number of aromatic nitrogens is 4. The summed E-state index contributed by atoms with van der Waals surface area (Å²) in [5.41, 5.74) is 2.75. The molecule has 0 fully saturated rings. The third kappa shape index (κ3) is 5.48. The minimum Gasteiger partial charge on any atom is -0.493 e. The van der Waals surface area contributed by atoms with Gasteiger partial charge in [0.1, 0.15) is 23.3 Å². The number of rotatable bonds is 9. The molecule has 0 radical (unpaired) electrons. The van der Waals surface area contributed by atoms with Gasteiger partial charge in [-0.05, 0) is 40.1 Å². The number of carbonyl (C=O) groups is 2. The van der Waals surface area contributed by atoms with Crippen molar-refractivity contribution in [1.29, 1.82) is 0 Å². The Bertz CT molecular complexity index is 1200. The quantitative estimate of drug-likeness (QED) is 0.430. The average Bonchev–Trinajstić information content (AvgIpc) is 3.43. The topological polar surface area (TPSA) is 115 Å². The van der Waals surface area contributed by atoms with E-state index in [1.807, 2.05) is 42.5 Å². The van der Waals surface area contributed by atoms with Gasteiger partial charge in [-0.1, -0.05) is 24.3 Å². The normalized spacial score (nSPS) is 10.8. The van der Waals surface area contributed by atoms with Gasteiger partial charge in [0.05, 0.1) is 24.9 Å². The third-order valence-electron chi connectivity index (χ3n) is 4.72. The molecule has 1 N–H and O–H groups in total. The number of para-hydroxylation sites is 1. The number of anilines is 1. The van der Waals surface area contributed by atoms with Crippen LogP contribution < -0.4 is 10.1 Å². The zero-order valence-electron chi connectivity index (χ0n) is 17.5. The lowest BCUT2D eigenvalue weighted by Gasteiger charge is -2.17. The number of amides is 2. The van der Waals surface area contributed by atoms with Crippen molar-refractivity contribution in [1.82, 2.24) is 25.0 Å². The molecule has 2 heterocycles. The van der Waals surface area contributed by atoms with Gasteiger partial charge in [0.25, 0.3) is 0 Å². The summed E-state index contributed by atoms with van der Waals surface area (Å²) >= 11 is 0. The molecule has 2 aromatic heterocycles. The predicted octanol–water partition coefficient (Wildman–Crippen LogP) is 2.49. The van der Waals surface area contributed by atoms with Crippen molar-refractivity contribution in [3.8, 4) is 5.75 Å². The number of benzene rings is 2. The number of nitrogens with zero attached hydrogens (tertiary/aromatic N) is 5. The van der Waals surface area contributed by atoms with Crippen molar-refractivity contribution in [3.05, 3.63) is 66.5 Å². The van der Waals surface area contributed by atoms with E-state index in [-0.39, 0.29) is 31.4 Å². The third-order valence-corrected chi connectivity index (χ3v) is 4.72. The van der Waals surface area contributed by atoms with Crippen molar-refractivity contribution in [2.24, 2.45) is 0 Å². The van der Waals surface area contributed by atoms with Crippen LogP contribution >= 0.6 is 0 Å². The Morgan fingerprint density at radius 2 is 1.94 bits per heavy atom. The molecule has 164 valence electrons. The first-order chi connectivity index (χ1) is 15.6. The monoisotopic (exact) mass is 434 g/mol. The first kappa shape index (κ1) is 21.0. The minimum absolute atomic E-state index is 0.0528. The molecule has 0 saturated heterocycles. The lowest BCUT2D eigenvalue weighted by Crippen LogP contribution is -2.29. The fourth-order valence-corrected chi connectivity index (χ4v) is 3.06. The first-order valence-corrected chi connectivity index (χ1v) is 10.0. The Balaban J connectivity index is 1.23. The molecule has 0 bridgehead atoms. The molecule has 0 atom stereocenters. The predicted molar refractivity (Wildman–Crippen MR) is 116 cm³/mol. The van der Waals surface area contributed by atoms with Gasteiger partial charge in [-0.15, -0.1) is 0 Å². The van der Waals surface area contributed by atoms with Crippen LogP contribution in [0.5, 0.6) is 5.75 Å². The molecule has 4 aromatic rings. The molecule has 0 aliphatic rings. The molecular weight excluding hydrogens is 412 g/mol. The van der Waals surface area contributed by atoms with Crippen LogP contribution in [-0.4, -0.2) is 50.5 Å². The van der Waals surface area contributed by atoms with Crippen molar-refractivity contribution >= 4 is 28.5 Å². The van der Waals surface area contributed by atoms with E-state index in [4.69, 9.17) is 9.37 Å². The average molecular weight is 434 g/mol. The highest BCUT2D eigenvalue weighted by Crippen LogP contribution is 2.14. The van der Waals surface area contributed by atoms with E-state index < -0.39 is 0 Å². The first-order valence-electron chi connectivity index (χ1n) is 10.0. The van der Waals surface area contributed by atoms with Crippen LogP contribution in [0.3, 0.4) is 0 Å². The van der Waals surface area contributed by atoms with E-state index in [1.54, 1.807) is 24.2 Å². The second-order valence-electron chi connectivity index (χ2n) is 7.22. The maximum Gasteiger partial charge on any atom is 0.244 e. The zero-order valence-corrected chi connectivity index (χ0v) is 17.5. The summed E-state index contributed by atoms with van der Waals surface area (Å²) in [5, 5.41) is 14.5. The Hall–Kier alpha value is -4.21. The summed E-state index contributed by atoms with van der Waals surface area (Å²) in [6.45, 7) is 0.731. The molecule has 4 rings (SSSR count). The van der Waals surface area contributed by atoms with Crippen LogP contribution in [0.1, 0.15) is 12.0 Å². The lowest BCUT2D eigenvalue weighted by molar-refractivity contribution is -0.131. The second-order valence-corrected chi connectivity index (χ2v) is 7.22. The van der Waals surface area contributed by atoms with E-state index in [1.165, 1.54) is 10.9 Å². The molecule has 2 amide bonds. The SMILES string of the molecule is CN(Cc1ccc2nonc2c1)C(=O)Cn1cc(NC(=O)CCOc2ccccc2)cn1. The van der Waals surface area contributed by atoms with Crippen molar-refractivity contribution in [3.63, 3.8) is 0 Å². The maximum absolute atomic E-state index is 12.6. The Kier molecular flexibility index (Phi) is 6.40. The van der Waals surface area contributed by atoms with Gasteiger partial charge >= 0.3 is 0 Å². The maximum atomic E-state index is 12.6. The van der Waals surface area contributed by atoms with Gasteiger partial charge in [0, 0.05) is 19.8 Å². The summed E-state index contributed by atoms with van der Waals surface area (Å²) in [6.07, 6.45) is 3.33. The largest absolute Gasteiger partial charge is 0.493 e. The molecule has 0 saturated carbocycles. The van der Waals surface area contributed by atoms with E-state index in [9.17, 15) is 9.59 Å². The summed E-state index contributed by atoms with van der Waals surface area (Å²) in [6, 6.07) is 14.8. The van der Waals surface area contributed by atoms with Crippen molar-refractivity contribution in [2.75, 3.05) is 19.0 Å². The number of hydrogen-bond donors (Lipinski definition) is 1. The highest BCUT2D eigenvalue weighted by atomic mass is 16.6. The summed E-state index contributed by atoms with van der Waals surface area (Å²) in [7, 11) is 1.71. The van der Waals surface area contributed by atoms with Gasteiger partial charge in [0.2, 0.25) is 11.8 Å². The van der Waals surface area contributed by atoms with Crippen molar-refractivity contribution < 1.29 is 19.0 Å². The van der Waals surface area contributed by atoms with E-state index >= 15 is 0 Å². The van der Waals surface area contributed by atoms with Gasteiger partial charge in [-0.2, -0.15) is 5.10 Å². The fraction of sp³-hybridized carbons (Fsp3) is 0.227. The Morgan fingerprint density at radius 1 is 1.12 bits per heavy atom. The fourth-order valence-electron chi connectivity index (χ4n) is 3.06. The number of ether oxygens (including phenoxy) is 1. The van der Waals surface area contributed by atoms with Gasteiger partial charge in [0.15, 0.2) is 0 Å². The van der Waals surface area contributed by atoms with Crippen LogP contribution in [0.15, 0.2) is 65.6 Å². The number of carbonyl (C=O) groups excluding carboxylic acids is 2. The molecule has 2 aromatic carbocycles. The minimum atomic E-state index is -0.193. The van der Waals surface area contributed by atoms with Crippen LogP contribution in [0, 0.1) is 0 Å². The molecule has 0 aliphatic heterocycles. The van der Waals surface area contributed by atoms with Gasteiger partial charge in [-0.25, -0.2) is 4.63 Å². The number of likely N-dealkylation sites (N-methyl/N-ethyl adjacent to an activating group) is 1. The number of hydrogen-bond acceptors (Lipinski definition) is 7. The second kappa shape index (κ2) is 9.73. The Morgan fingerprint density at radius 3 is 2.78 bits per heavy atom. The summed E-state index contributed by atoms with van der Waals surface area (Å²) in [4.78, 5) is 26.2. The molecule has 10 nitrogen and oxygen atoms in total. The number of fused-ring (bicyclic) bond motifs is 1. The molecule has 10 heteroatoms. The van der Waals surface area contributed by atoms with E-state index in [0.717, 1.165) is 5.56 Å². The molecule has 32 heavy (non-hydrogen) atoms. The van der Waals surface area contributed by atoms with Crippen LogP contribution in [-0.2, 0) is 22.7 Å². The van der Waals surface area contributed by atoms with E-state index in [2.05, 4.69) is 20.7 Å². The molecule has 0 aliphatic carbocycles. The summed E-state index contributed by atoms with van der Waals surface area (Å²) < 4.78 is 11.7. The molecule has 0 spiro atoms. The van der Waals surface area contributed by atoms with Crippen LogP contribution in [0.25, 0.3) is 11.0 Å². The lowest BCUT2D eigenvalue weighted by atomic mass is 10.2. The summed E-state index contributed by atoms with van der Waals surface area (Å²) in [5.74, 6) is 0.399. The zero-order chi connectivity index (χ0) is 22.3. The van der Waals surface area contributed by atoms with Crippen LogP contribution in [0.2, 0.25) is 0 Å². The van der Waals surface area contributed by atoms with Crippen LogP contribution in [0.4, 0.5) is 5.69 Å². The number of nitrogens with one attached hydrogen (secondary N) is 1.